The molecule has 1 amide bonds. The van der Waals surface area contributed by atoms with E-state index >= 15 is 0 Å². The minimum atomic E-state index is -4.74. The molecule has 33 heavy (non-hydrogen) atoms. The van der Waals surface area contributed by atoms with Crippen molar-refractivity contribution in [1.29, 1.82) is 0 Å². The van der Waals surface area contributed by atoms with Crippen LogP contribution in [0.5, 0.6) is 5.75 Å². The Kier molecular flexibility index (Phi) is 6.18. The standard InChI is InChI=1S/C21H21F3N6O3/c22-21(23,24)19-26-27-28-30(19)15-6-7-18(31)14(10-15)11-25-17-8-9-29(20(32)33)12-16(17)13-4-2-1-3-5-13/h1-7,10,16-17,25,31H,8-9,11-12H2,(H,32,33). The van der Waals surface area contributed by atoms with E-state index in [1.807, 2.05) is 30.3 Å². The average Bonchev–Trinajstić information content (AvgIpc) is 3.30. The molecule has 1 fully saturated rings. The van der Waals surface area contributed by atoms with Gasteiger partial charge in [0.25, 0.3) is 5.82 Å². The number of phenolic OH excluding ortho intramolecular Hbond substituents is 1. The summed E-state index contributed by atoms with van der Waals surface area (Å²) in [4.78, 5) is 12.8. The molecule has 3 aromatic rings. The lowest BCUT2D eigenvalue weighted by Gasteiger charge is -2.38. The summed E-state index contributed by atoms with van der Waals surface area (Å²) in [6.07, 6.45) is -5.18. The predicted molar refractivity (Wildman–Crippen MR) is 110 cm³/mol. The van der Waals surface area contributed by atoms with Crippen molar-refractivity contribution in [3.63, 3.8) is 0 Å². The first kappa shape index (κ1) is 22.5. The summed E-state index contributed by atoms with van der Waals surface area (Å²) in [7, 11) is 0. The van der Waals surface area contributed by atoms with Crippen LogP contribution in [0.25, 0.3) is 5.69 Å². The van der Waals surface area contributed by atoms with Crippen molar-refractivity contribution in [2.75, 3.05) is 13.1 Å². The van der Waals surface area contributed by atoms with Crippen molar-refractivity contribution in [3.05, 3.63) is 65.5 Å². The molecule has 9 nitrogen and oxygen atoms in total. The summed E-state index contributed by atoms with van der Waals surface area (Å²) in [5.74, 6) is -1.48. The third kappa shape index (κ3) is 4.90. The summed E-state index contributed by atoms with van der Waals surface area (Å²) in [6.45, 7) is 0.814. The lowest BCUT2D eigenvalue weighted by molar-refractivity contribution is -0.146. The number of likely N-dealkylation sites (tertiary alicyclic amines) is 1. The Morgan fingerprint density at radius 1 is 1.18 bits per heavy atom. The fourth-order valence-electron chi connectivity index (χ4n) is 4.03. The molecule has 3 N–H and O–H groups in total. The Morgan fingerprint density at radius 3 is 2.64 bits per heavy atom. The zero-order valence-corrected chi connectivity index (χ0v) is 17.3. The second-order valence-corrected chi connectivity index (χ2v) is 7.75. The van der Waals surface area contributed by atoms with Crippen LogP contribution in [0, 0.1) is 0 Å². The Bertz CT molecular complexity index is 1120. The first-order valence-corrected chi connectivity index (χ1v) is 10.2. The summed E-state index contributed by atoms with van der Waals surface area (Å²) < 4.78 is 40.1. The van der Waals surface area contributed by atoms with E-state index < -0.39 is 18.1 Å². The van der Waals surface area contributed by atoms with E-state index in [1.165, 1.54) is 23.1 Å². The zero-order valence-electron chi connectivity index (χ0n) is 17.3. The van der Waals surface area contributed by atoms with Gasteiger partial charge >= 0.3 is 12.3 Å². The molecule has 2 aromatic carbocycles. The lowest BCUT2D eigenvalue weighted by atomic mass is 9.86. The Hall–Kier alpha value is -3.67. The quantitative estimate of drug-likeness (QED) is 0.534. The maximum absolute atomic E-state index is 13.2. The van der Waals surface area contributed by atoms with Gasteiger partial charge in [0, 0.05) is 37.2 Å². The number of alkyl halides is 3. The fraction of sp³-hybridized carbons (Fsp3) is 0.333. The highest BCUT2D eigenvalue weighted by Crippen LogP contribution is 2.31. The average molecular weight is 462 g/mol. The van der Waals surface area contributed by atoms with E-state index in [2.05, 4.69) is 20.8 Å². The van der Waals surface area contributed by atoms with Gasteiger partial charge in [-0.2, -0.15) is 17.9 Å². The van der Waals surface area contributed by atoms with Gasteiger partial charge in [-0.25, -0.2) is 4.79 Å². The van der Waals surface area contributed by atoms with Gasteiger partial charge in [-0.15, -0.1) is 5.10 Å². The third-order valence-electron chi connectivity index (χ3n) is 5.70. The number of carboxylic acid groups (broad SMARTS) is 1. The molecule has 1 saturated heterocycles. The molecule has 1 aromatic heterocycles. The lowest BCUT2D eigenvalue weighted by Crippen LogP contribution is -2.49. The van der Waals surface area contributed by atoms with E-state index in [-0.39, 0.29) is 29.9 Å². The SMILES string of the molecule is O=C(O)N1CCC(NCc2cc(-n3nnnc3C(F)(F)F)ccc2O)C(c2ccccc2)C1. The molecule has 2 atom stereocenters. The van der Waals surface area contributed by atoms with Crippen LogP contribution in [-0.4, -0.2) is 60.5 Å². The summed E-state index contributed by atoms with van der Waals surface area (Å²) >= 11 is 0. The number of halogens is 3. The zero-order chi connectivity index (χ0) is 23.6. The van der Waals surface area contributed by atoms with Crippen LogP contribution in [0.1, 0.15) is 29.3 Å². The topological polar surface area (TPSA) is 116 Å². The fourth-order valence-corrected chi connectivity index (χ4v) is 4.03. The van der Waals surface area contributed by atoms with Crippen LogP contribution >= 0.6 is 0 Å². The van der Waals surface area contributed by atoms with E-state index in [0.717, 1.165) is 5.56 Å². The number of aromatic hydroxyl groups is 1. The number of piperidine rings is 1. The van der Waals surface area contributed by atoms with Crippen LogP contribution in [-0.2, 0) is 12.7 Å². The molecule has 0 saturated carbocycles. The second kappa shape index (κ2) is 9.06. The maximum atomic E-state index is 13.2. The molecule has 0 radical (unpaired) electrons. The van der Waals surface area contributed by atoms with Gasteiger partial charge in [0.2, 0.25) is 0 Å². The highest BCUT2D eigenvalue weighted by molar-refractivity contribution is 5.65. The van der Waals surface area contributed by atoms with Crippen LogP contribution in [0.15, 0.2) is 48.5 Å². The number of tetrazole rings is 1. The number of nitrogens with one attached hydrogen (secondary N) is 1. The Morgan fingerprint density at radius 2 is 1.94 bits per heavy atom. The van der Waals surface area contributed by atoms with Gasteiger partial charge in [0.1, 0.15) is 5.75 Å². The summed E-state index contributed by atoms with van der Waals surface area (Å²) in [5.41, 5.74) is 1.40. The largest absolute Gasteiger partial charge is 0.508 e. The summed E-state index contributed by atoms with van der Waals surface area (Å²) in [6, 6.07) is 13.4. The molecule has 12 heteroatoms. The number of hydrogen-bond acceptors (Lipinski definition) is 6. The molecule has 1 aliphatic heterocycles. The van der Waals surface area contributed by atoms with Crippen LogP contribution in [0.4, 0.5) is 18.0 Å². The minimum Gasteiger partial charge on any atom is -0.508 e. The monoisotopic (exact) mass is 462 g/mol. The number of rotatable bonds is 5. The van der Waals surface area contributed by atoms with E-state index in [9.17, 15) is 28.2 Å². The molecule has 174 valence electrons. The number of benzene rings is 2. The van der Waals surface area contributed by atoms with Crippen molar-refractivity contribution >= 4 is 6.09 Å². The first-order valence-electron chi connectivity index (χ1n) is 10.2. The van der Waals surface area contributed by atoms with Crippen molar-refractivity contribution in [1.82, 2.24) is 30.4 Å². The number of phenols is 1. The van der Waals surface area contributed by atoms with Gasteiger partial charge in [-0.3, -0.25) is 0 Å². The van der Waals surface area contributed by atoms with Gasteiger partial charge in [-0.05, 0) is 40.6 Å². The number of amides is 1. The third-order valence-corrected chi connectivity index (χ3v) is 5.70. The first-order chi connectivity index (χ1) is 15.7. The molecule has 2 heterocycles. The Labute approximate surface area is 186 Å². The molecule has 2 unspecified atom stereocenters. The maximum Gasteiger partial charge on any atom is 0.453 e. The number of hydrogen-bond donors (Lipinski definition) is 3. The van der Waals surface area contributed by atoms with Crippen molar-refractivity contribution in [2.45, 2.75) is 31.1 Å². The van der Waals surface area contributed by atoms with E-state index in [1.54, 1.807) is 0 Å². The smallest absolute Gasteiger partial charge is 0.453 e. The van der Waals surface area contributed by atoms with Crippen molar-refractivity contribution < 1.29 is 28.2 Å². The molecule has 1 aliphatic rings. The predicted octanol–water partition coefficient (Wildman–Crippen LogP) is 3.01. The number of carbonyl (C=O) groups is 1. The van der Waals surface area contributed by atoms with Gasteiger partial charge in [-0.1, -0.05) is 30.3 Å². The molecular weight excluding hydrogens is 441 g/mol. The molecule has 0 spiro atoms. The Balaban J connectivity index is 1.55. The highest BCUT2D eigenvalue weighted by atomic mass is 19.4. The summed E-state index contributed by atoms with van der Waals surface area (Å²) in [5, 5.41) is 32.6. The minimum absolute atomic E-state index is 0.0576. The van der Waals surface area contributed by atoms with Gasteiger partial charge < -0.3 is 20.4 Å². The second-order valence-electron chi connectivity index (χ2n) is 7.75. The normalized spacial score (nSPS) is 18.9. The van der Waals surface area contributed by atoms with Crippen molar-refractivity contribution in [2.24, 2.45) is 0 Å². The highest BCUT2D eigenvalue weighted by Gasteiger charge is 2.38. The molecule has 0 aliphatic carbocycles. The van der Waals surface area contributed by atoms with Crippen LogP contribution in [0.2, 0.25) is 0 Å². The van der Waals surface area contributed by atoms with Gasteiger partial charge in [0.05, 0.1) is 5.69 Å². The van der Waals surface area contributed by atoms with Crippen LogP contribution in [0.3, 0.4) is 0 Å². The molecule has 4 rings (SSSR count). The molecule has 0 bridgehead atoms. The van der Waals surface area contributed by atoms with E-state index in [0.29, 0.717) is 29.8 Å². The number of aromatic nitrogens is 4. The van der Waals surface area contributed by atoms with E-state index in [4.69, 9.17) is 0 Å². The number of nitrogens with zero attached hydrogens (tertiary/aromatic N) is 5. The van der Waals surface area contributed by atoms with Crippen molar-refractivity contribution in [3.8, 4) is 11.4 Å². The van der Waals surface area contributed by atoms with Crippen LogP contribution < -0.4 is 5.32 Å². The van der Waals surface area contributed by atoms with Gasteiger partial charge in [0.15, 0.2) is 0 Å². The molecular formula is C21H21F3N6O3.